The van der Waals surface area contributed by atoms with Crippen LogP contribution in [-0.4, -0.2) is 120 Å². The maximum atomic E-state index is 14.8. The molecule has 0 bridgehead atoms. The lowest BCUT2D eigenvalue weighted by Gasteiger charge is -2.36. The number of unbranched alkanes of at least 4 members (excludes halogenated alkanes) is 2. The molecule has 7 rings (SSSR count). The number of esters is 5. The van der Waals surface area contributed by atoms with Gasteiger partial charge in [0.1, 0.15) is 26.4 Å². The predicted molar refractivity (Wildman–Crippen MR) is 295 cm³/mol. The molecule has 0 aliphatic carbocycles. The standard InChI is InChI=1S/C59H63Cl2N3O15/c1-29(2)21-34(25-75-45(66)13-11-10-12-20-62-33(9)65)63-54(69)39-16-14-37-51-44(61)24-42-49-40(17-15-38(53(49)51)50-43(60)23-41(56(63)71)48(39)52(37)50)55(70)64(57(42)72)35(22-30(3)4)26-76-46(67)18-19-47(68)79-36(27-77-58(73)31(5)6)28-78-59(74)32(7)8/h14-17,23-24,29-30,34-36H,5,7,10-13,18-22,25-28H2,1-4,6,8-9H3,(H,62,65). The number of nitrogens with zero attached hydrogens (tertiary/aromatic N) is 2. The molecule has 418 valence electrons. The van der Waals surface area contributed by atoms with Crippen LogP contribution in [0.5, 0.6) is 0 Å². The first-order valence-electron chi connectivity index (χ1n) is 26.2. The number of hydrogen-bond acceptors (Lipinski definition) is 15. The lowest BCUT2D eigenvalue weighted by molar-refractivity contribution is -0.165. The molecule has 0 saturated heterocycles. The first kappa shape index (κ1) is 59.2. The fourth-order valence-corrected chi connectivity index (χ4v) is 10.8. The Morgan fingerprint density at radius 1 is 0.519 bits per heavy atom. The summed E-state index contributed by atoms with van der Waals surface area (Å²) in [5, 5.41) is 6.58. The second kappa shape index (κ2) is 25.1. The summed E-state index contributed by atoms with van der Waals surface area (Å²) in [6, 6.07) is 7.82. The molecule has 2 aliphatic heterocycles. The number of rotatable bonds is 26. The average molecular weight is 1130 g/mol. The Balaban J connectivity index is 1.13. The van der Waals surface area contributed by atoms with E-state index >= 15 is 0 Å². The predicted octanol–water partition coefficient (Wildman–Crippen LogP) is 9.78. The van der Waals surface area contributed by atoms with Gasteiger partial charge in [-0.05, 0) is 86.4 Å². The number of carbonyl (C=O) groups is 10. The lowest BCUT2D eigenvalue weighted by Crippen LogP contribution is -2.50. The monoisotopic (exact) mass is 1120 g/mol. The molecule has 0 spiro atoms. The number of hydrogen-bond donors (Lipinski definition) is 1. The van der Waals surface area contributed by atoms with Crippen molar-refractivity contribution in [2.45, 2.75) is 118 Å². The van der Waals surface area contributed by atoms with E-state index in [9.17, 15) is 47.9 Å². The zero-order valence-electron chi connectivity index (χ0n) is 45.2. The number of amides is 5. The minimum absolute atomic E-state index is 0.00295. The lowest BCUT2D eigenvalue weighted by atomic mass is 9.81. The highest BCUT2D eigenvalue weighted by Gasteiger charge is 2.43. The van der Waals surface area contributed by atoms with E-state index in [1.165, 1.54) is 32.9 Å². The minimum Gasteiger partial charge on any atom is -0.463 e. The molecule has 2 aliphatic rings. The summed E-state index contributed by atoms with van der Waals surface area (Å²) in [6.45, 7) is 17.8. The molecule has 5 aromatic carbocycles. The third-order valence-electron chi connectivity index (χ3n) is 13.7. The van der Waals surface area contributed by atoms with Crippen LogP contribution < -0.4 is 5.32 Å². The number of halogens is 2. The molecule has 79 heavy (non-hydrogen) atoms. The first-order chi connectivity index (χ1) is 37.4. The molecule has 20 heteroatoms. The van der Waals surface area contributed by atoms with Crippen molar-refractivity contribution < 1.29 is 71.6 Å². The molecule has 2 unspecified atom stereocenters. The van der Waals surface area contributed by atoms with E-state index in [4.69, 9.17) is 46.9 Å². The van der Waals surface area contributed by atoms with Crippen LogP contribution in [0.15, 0.2) is 60.7 Å². The van der Waals surface area contributed by atoms with Crippen molar-refractivity contribution in [2.75, 3.05) is 33.0 Å². The van der Waals surface area contributed by atoms with Crippen LogP contribution in [0.1, 0.15) is 141 Å². The van der Waals surface area contributed by atoms with E-state index < -0.39 is 104 Å². The van der Waals surface area contributed by atoms with E-state index in [0.717, 1.165) is 9.80 Å². The number of nitrogens with one attached hydrogen (secondary N) is 1. The van der Waals surface area contributed by atoms with Crippen LogP contribution >= 0.6 is 23.2 Å². The molecule has 2 heterocycles. The molecule has 1 N–H and O–H groups in total. The molecule has 0 saturated carbocycles. The minimum atomic E-state index is -1.22. The highest BCUT2D eigenvalue weighted by atomic mass is 35.5. The third kappa shape index (κ3) is 12.9. The molecule has 5 amide bonds. The summed E-state index contributed by atoms with van der Waals surface area (Å²) >= 11 is 14.5. The Bertz CT molecular complexity index is 3330. The summed E-state index contributed by atoms with van der Waals surface area (Å²) < 4.78 is 26.8. The fourth-order valence-electron chi connectivity index (χ4n) is 10.2. The topological polar surface area (TPSA) is 235 Å². The van der Waals surface area contributed by atoms with Crippen LogP contribution in [0.2, 0.25) is 10.0 Å². The zero-order valence-corrected chi connectivity index (χ0v) is 46.7. The van der Waals surface area contributed by atoms with Crippen molar-refractivity contribution >= 4 is 126 Å². The van der Waals surface area contributed by atoms with Crippen molar-refractivity contribution in [3.63, 3.8) is 0 Å². The van der Waals surface area contributed by atoms with Gasteiger partial charge in [0.25, 0.3) is 23.6 Å². The number of benzene rings is 5. The van der Waals surface area contributed by atoms with Crippen molar-refractivity contribution in [3.8, 4) is 0 Å². The Kier molecular flexibility index (Phi) is 18.8. The Labute approximate surface area is 466 Å². The molecule has 5 aromatic rings. The van der Waals surface area contributed by atoms with Crippen LogP contribution in [-0.2, 0) is 52.5 Å². The fraction of sp³-hybridized carbons (Fsp3) is 0.424. The van der Waals surface area contributed by atoms with Gasteiger partial charge in [-0.15, -0.1) is 0 Å². The Hall–Kier alpha value is -7.44. The maximum absolute atomic E-state index is 14.8. The van der Waals surface area contributed by atoms with Gasteiger partial charge in [0.15, 0.2) is 6.10 Å². The maximum Gasteiger partial charge on any atom is 0.333 e. The van der Waals surface area contributed by atoms with E-state index in [2.05, 4.69) is 18.5 Å². The van der Waals surface area contributed by atoms with E-state index in [0.29, 0.717) is 75.3 Å². The second-order valence-corrected chi connectivity index (χ2v) is 21.8. The van der Waals surface area contributed by atoms with Crippen molar-refractivity contribution in [3.05, 3.63) is 93.0 Å². The van der Waals surface area contributed by atoms with Gasteiger partial charge in [0.2, 0.25) is 5.91 Å². The van der Waals surface area contributed by atoms with Gasteiger partial charge in [0.05, 0.1) is 36.1 Å². The number of imide groups is 2. The highest BCUT2D eigenvalue weighted by molar-refractivity contribution is 6.50. The van der Waals surface area contributed by atoms with Crippen LogP contribution in [0, 0.1) is 11.8 Å². The third-order valence-corrected chi connectivity index (χ3v) is 14.3. The smallest absolute Gasteiger partial charge is 0.333 e. The van der Waals surface area contributed by atoms with Gasteiger partial charge >= 0.3 is 29.8 Å². The van der Waals surface area contributed by atoms with Crippen molar-refractivity contribution in [1.82, 2.24) is 15.1 Å². The summed E-state index contributed by atoms with van der Waals surface area (Å²) in [5.41, 5.74) is 0.821. The molecular formula is C59H63Cl2N3O15. The largest absolute Gasteiger partial charge is 0.463 e. The van der Waals surface area contributed by atoms with Crippen molar-refractivity contribution in [1.29, 1.82) is 0 Å². The zero-order chi connectivity index (χ0) is 57.7. The van der Waals surface area contributed by atoms with Gasteiger partial charge in [0, 0.05) is 84.5 Å². The van der Waals surface area contributed by atoms with E-state index in [-0.39, 0.29) is 80.6 Å². The Morgan fingerprint density at radius 2 is 0.937 bits per heavy atom. The van der Waals surface area contributed by atoms with E-state index in [1.54, 1.807) is 24.3 Å². The van der Waals surface area contributed by atoms with Gasteiger partial charge in [-0.2, -0.15) is 0 Å². The van der Waals surface area contributed by atoms with Crippen molar-refractivity contribution in [2.24, 2.45) is 11.8 Å². The first-order valence-corrected chi connectivity index (χ1v) is 26.9. The molecule has 18 nitrogen and oxygen atoms in total. The second-order valence-electron chi connectivity index (χ2n) is 20.9. The molecular weight excluding hydrogens is 1060 g/mol. The van der Waals surface area contributed by atoms with E-state index in [1.807, 2.05) is 27.7 Å². The van der Waals surface area contributed by atoms with Crippen LogP contribution in [0.25, 0.3) is 43.1 Å². The quantitative estimate of drug-likeness (QED) is 0.0103. The molecule has 0 aromatic heterocycles. The number of ether oxygens (including phenoxy) is 5. The van der Waals surface area contributed by atoms with Gasteiger partial charge in [-0.3, -0.25) is 48.2 Å². The van der Waals surface area contributed by atoms with Gasteiger partial charge < -0.3 is 29.0 Å². The number of carbonyl (C=O) groups excluding carboxylic acids is 10. The van der Waals surface area contributed by atoms with Gasteiger partial charge in [-0.1, -0.05) is 82.6 Å². The Morgan fingerprint density at radius 3 is 1.35 bits per heavy atom. The average Bonchev–Trinajstić information content (AvgIpc) is 3.44. The highest BCUT2D eigenvalue weighted by Crippen LogP contribution is 2.51. The summed E-state index contributed by atoms with van der Waals surface area (Å²) in [5.74, 6) is -6.51. The van der Waals surface area contributed by atoms with Crippen LogP contribution in [0.3, 0.4) is 0 Å². The SMILES string of the molecule is C=C(C)C(=O)OCC(COC(=O)C(=C)C)OC(=O)CCC(=O)OCC(CC(C)C)N1C(=O)c2ccc3c4c(Cl)cc5c6c(ccc(c7c(Cl)cc(c2c37)C1=O)c64)C(=O)N(C(COC(=O)CCCCCNC(C)=O)CC(C)C)C5=O. The molecule has 2 atom stereocenters. The summed E-state index contributed by atoms with van der Waals surface area (Å²) in [7, 11) is 0. The molecule has 0 radical (unpaired) electrons. The summed E-state index contributed by atoms with van der Waals surface area (Å²) in [6.07, 6.45) is 0.452. The number of fused-ring (bicyclic) bond motifs is 2. The van der Waals surface area contributed by atoms with Crippen LogP contribution in [0.4, 0.5) is 0 Å². The molecule has 0 fully saturated rings. The summed E-state index contributed by atoms with van der Waals surface area (Å²) in [4.78, 5) is 135. The normalized spacial score (nSPS) is 14.0. The van der Waals surface area contributed by atoms with Gasteiger partial charge in [-0.25, -0.2) is 9.59 Å².